The second-order valence-corrected chi connectivity index (χ2v) is 3.22. The van der Waals surface area contributed by atoms with E-state index in [1.54, 1.807) is 24.8 Å². The van der Waals surface area contributed by atoms with Gasteiger partial charge in [-0.3, -0.25) is 9.79 Å². The Kier molecular flexibility index (Phi) is 13.8. The second kappa shape index (κ2) is 12.8. The van der Waals surface area contributed by atoms with E-state index >= 15 is 0 Å². The van der Waals surface area contributed by atoms with Crippen molar-refractivity contribution in [2.45, 2.75) is 20.3 Å². The Morgan fingerprint density at radius 2 is 2.20 bits per heavy atom. The fourth-order valence-electron chi connectivity index (χ4n) is 0.502. The minimum absolute atomic E-state index is 0.317. The lowest BCUT2D eigenvalue weighted by atomic mass is 10.2. The average Bonchev–Trinajstić information content (AvgIpc) is 2.28. The minimum atomic E-state index is 0.317. The third-order valence-corrected chi connectivity index (χ3v) is 1.69. The summed E-state index contributed by atoms with van der Waals surface area (Å²) >= 11 is 1.56. The summed E-state index contributed by atoms with van der Waals surface area (Å²) in [6.07, 6.45) is 9.90. The molecule has 0 saturated carbocycles. The van der Waals surface area contributed by atoms with Crippen LogP contribution >= 0.6 is 11.8 Å². The van der Waals surface area contributed by atoms with E-state index < -0.39 is 0 Å². The van der Waals surface area contributed by atoms with Gasteiger partial charge in [-0.1, -0.05) is 13.0 Å². The van der Waals surface area contributed by atoms with Crippen LogP contribution in [0.2, 0.25) is 0 Å². The topological polar surface area (TPSA) is 55.5 Å². The Morgan fingerprint density at radius 1 is 1.67 bits per heavy atom. The molecule has 0 aromatic rings. The molecule has 0 radical (unpaired) electrons. The van der Waals surface area contributed by atoms with Crippen LogP contribution in [0.15, 0.2) is 16.6 Å². The van der Waals surface area contributed by atoms with Gasteiger partial charge in [-0.2, -0.15) is 0 Å². The molecule has 0 aromatic carbocycles. The van der Waals surface area contributed by atoms with Crippen molar-refractivity contribution in [3.8, 4) is 12.3 Å². The zero-order valence-corrected chi connectivity index (χ0v) is 10.3. The summed E-state index contributed by atoms with van der Waals surface area (Å²) in [5, 5.41) is 0. The quantitative estimate of drug-likeness (QED) is 0.262. The summed E-state index contributed by atoms with van der Waals surface area (Å²) in [6.45, 7) is 3.70. The van der Waals surface area contributed by atoms with Crippen molar-refractivity contribution in [2.75, 3.05) is 12.1 Å². The Balaban J connectivity index is 0. The van der Waals surface area contributed by atoms with Crippen molar-refractivity contribution < 1.29 is 4.79 Å². The summed E-state index contributed by atoms with van der Waals surface area (Å²) in [6, 6.07) is 0. The molecule has 0 aliphatic carbocycles. The highest BCUT2D eigenvalue weighted by Crippen LogP contribution is 1.95. The van der Waals surface area contributed by atoms with Gasteiger partial charge in [0.2, 0.25) is 0 Å². The number of hydrogen-bond acceptors (Lipinski definition) is 3. The Labute approximate surface area is 96.2 Å². The second-order valence-electron chi connectivity index (χ2n) is 2.38. The number of rotatable bonds is 4. The third-order valence-electron chi connectivity index (χ3n) is 1.30. The van der Waals surface area contributed by atoms with Crippen molar-refractivity contribution in [3.63, 3.8) is 0 Å². The molecule has 0 amide bonds. The lowest BCUT2D eigenvalue weighted by molar-refractivity contribution is -0.104. The fourth-order valence-corrected chi connectivity index (χ4v) is 0.770. The van der Waals surface area contributed by atoms with E-state index in [1.165, 1.54) is 0 Å². The highest BCUT2D eigenvalue weighted by molar-refractivity contribution is 7.98. The van der Waals surface area contributed by atoms with Crippen LogP contribution in [0.3, 0.4) is 0 Å². The van der Waals surface area contributed by atoms with Crippen LogP contribution in [-0.2, 0) is 4.79 Å². The number of thioether (sulfide) groups is 1. The van der Waals surface area contributed by atoms with E-state index in [-0.39, 0.29) is 0 Å². The number of hydrogen-bond donors (Lipinski definition) is 1. The molecule has 2 N–H and O–H groups in total. The summed E-state index contributed by atoms with van der Waals surface area (Å²) in [5.74, 6) is 3.34. The molecular weight excluding hydrogens is 208 g/mol. The SMILES string of the molecule is C#CCC.C/C=C(C=O)\C(N)=N/CSC. The van der Waals surface area contributed by atoms with Crippen LogP contribution in [0.5, 0.6) is 0 Å². The average molecular weight is 226 g/mol. The van der Waals surface area contributed by atoms with Crippen molar-refractivity contribution in [3.05, 3.63) is 11.6 Å². The van der Waals surface area contributed by atoms with Crippen molar-refractivity contribution in [1.29, 1.82) is 0 Å². The zero-order chi connectivity index (χ0) is 12.1. The summed E-state index contributed by atoms with van der Waals surface area (Å²) in [7, 11) is 0. The van der Waals surface area contributed by atoms with E-state index in [1.807, 2.05) is 13.2 Å². The highest BCUT2D eigenvalue weighted by Gasteiger charge is 1.96. The van der Waals surface area contributed by atoms with Gasteiger partial charge in [-0.05, 0) is 13.2 Å². The molecule has 0 aliphatic heterocycles. The fraction of sp³-hybridized carbons (Fsp3) is 0.455. The van der Waals surface area contributed by atoms with Gasteiger partial charge < -0.3 is 5.73 Å². The van der Waals surface area contributed by atoms with Crippen molar-refractivity contribution >= 4 is 23.9 Å². The molecule has 15 heavy (non-hydrogen) atoms. The van der Waals surface area contributed by atoms with Crippen LogP contribution in [0, 0.1) is 12.3 Å². The van der Waals surface area contributed by atoms with Crippen molar-refractivity contribution in [2.24, 2.45) is 10.7 Å². The monoisotopic (exact) mass is 226 g/mol. The van der Waals surface area contributed by atoms with Crippen LogP contribution in [0.1, 0.15) is 20.3 Å². The molecule has 4 heteroatoms. The molecule has 84 valence electrons. The molecule has 0 spiro atoms. The third kappa shape index (κ3) is 10.7. The molecule has 0 bridgehead atoms. The molecule has 3 nitrogen and oxygen atoms in total. The van der Waals surface area contributed by atoms with Crippen LogP contribution in [0.4, 0.5) is 0 Å². The maximum atomic E-state index is 10.3. The van der Waals surface area contributed by atoms with Gasteiger partial charge in [0.1, 0.15) is 5.84 Å². The number of nitrogens with zero attached hydrogens (tertiary/aromatic N) is 1. The van der Waals surface area contributed by atoms with Gasteiger partial charge in [0, 0.05) is 6.42 Å². The van der Waals surface area contributed by atoms with Gasteiger partial charge in [0.15, 0.2) is 6.29 Å². The molecule has 0 unspecified atom stereocenters. The number of carbonyl (C=O) groups is 1. The van der Waals surface area contributed by atoms with Gasteiger partial charge >= 0.3 is 0 Å². The smallest absolute Gasteiger partial charge is 0.153 e. The molecular formula is C11H18N2OS. The first-order chi connectivity index (χ1) is 7.17. The van der Waals surface area contributed by atoms with Gasteiger partial charge in [-0.25, -0.2) is 0 Å². The first-order valence-corrected chi connectivity index (χ1v) is 5.91. The van der Waals surface area contributed by atoms with E-state index in [2.05, 4.69) is 10.9 Å². The lowest BCUT2D eigenvalue weighted by Crippen LogP contribution is -2.15. The van der Waals surface area contributed by atoms with Crippen LogP contribution in [-0.4, -0.2) is 24.3 Å². The lowest BCUT2D eigenvalue weighted by Gasteiger charge is -1.96. The summed E-state index contributed by atoms with van der Waals surface area (Å²) in [4.78, 5) is 14.2. The Bertz CT molecular complexity index is 264. The largest absolute Gasteiger partial charge is 0.383 e. The zero-order valence-electron chi connectivity index (χ0n) is 9.49. The number of aldehydes is 1. The Hall–Kier alpha value is -1.21. The summed E-state index contributed by atoms with van der Waals surface area (Å²) in [5.41, 5.74) is 5.92. The summed E-state index contributed by atoms with van der Waals surface area (Å²) < 4.78 is 0. The molecule has 0 aromatic heterocycles. The molecule has 0 aliphatic rings. The van der Waals surface area contributed by atoms with E-state index in [0.29, 0.717) is 23.6 Å². The maximum Gasteiger partial charge on any atom is 0.153 e. The van der Waals surface area contributed by atoms with Gasteiger partial charge in [0.05, 0.1) is 11.4 Å². The number of nitrogens with two attached hydrogens (primary N) is 1. The first kappa shape index (κ1) is 16.2. The maximum absolute atomic E-state index is 10.3. The predicted octanol–water partition coefficient (Wildman–Crippen LogP) is 1.84. The van der Waals surface area contributed by atoms with Crippen molar-refractivity contribution in [1.82, 2.24) is 0 Å². The van der Waals surface area contributed by atoms with E-state index in [4.69, 9.17) is 12.2 Å². The molecule has 0 atom stereocenters. The first-order valence-electron chi connectivity index (χ1n) is 4.52. The van der Waals surface area contributed by atoms with Crippen LogP contribution in [0.25, 0.3) is 0 Å². The van der Waals surface area contributed by atoms with E-state index in [9.17, 15) is 4.79 Å². The predicted molar refractivity (Wildman–Crippen MR) is 68.9 cm³/mol. The molecule has 0 fully saturated rings. The molecule has 0 rings (SSSR count). The normalized spacial score (nSPS) is 11.1. The Morgan fingerprint density at radius 3 is 2.47 bits per heavy atom. The number of aliphatic imine (C=N–C) groups is 1. The number of allylic oxidation sites excluding steroid dienone is 1. The number of amidine groups is 1. The van der Waals surface area contributed by atoms with Gasteiger partial charge in [-0.15, -0.1) is 24.1 Å². The number of terminal acetylenes is 1. The molecule has 0 heterocycles. The van der Waals surface area contributed by atoms with E-state index in [0.717, 1.165) is 6.42 Å². The minimum Gasteiger partial charge on any atom is -0.383 e. The van der Waals surface area contributed by atoms with Crippen LogP contribution < -0.4 is 5.73 Å². The van der Waals surface area contributed by atoms with Gasteiger partial charge in [0.25, 0.3) is 0 Å². The highest BCUT2D eigenvalue weighted by atomic mass is 32.2. The standard InChI is InChI=1S/C7H12N2OS.C4H6/c1-3-6(4-10)7(8)9-5-11-2;1-3-4-2/h3-4H,5H2,1-2H3,(H2,8,9);1H,4H2,2H3/b6-3-;. The number of carbonyl (C=O) groups excluding carboxylic acids is 1. The molecule has 0 saturated heterocycles.